The largest absolute Gasteiger partial charge is 0.463 e. The van der Waals surface area contributed by atoms with Crippen LogP contribution in [0.4, 0.5) is 0 Å². The maximum absolute atomic E-state index is 14.0. The molecule has 0 N–H and O–H groups in total. The van der Waals surface area contributed by atoms with E-state index in [-0.39, 0.29) is 28.6 Å². The molecule has 0 bridgehead atoms. The predicted molar refractivity (Wildman–Crippen MR) is 282 cm³/mol. The van der Waals surface area contributed by atoms with E-state index >= 15 is 0 Å². The zero-order chi connectivity index (χ0) is 59.2. The second kappa shape index (κ2) is 24.2. The Kier molecular flexibility index (Phi) is 18.9. The number of esters is 9. The Balaban J connectivity index is 1.11. The van der Waals surface area contributed by atoms with E-state index in [1.807, 2.05) is 0 Å². The predicted octanol–water partition coefficient (Wildman–Crippen LogP) is 8.01. The standard InChI is InChI=1S/C60H90O20/c1-30(39-21-26-57(12)40(39)22-27-59(14)43(57)18-19-44-58(13)25-16-24-56(10,11)42(58)23-28-60(44,59)15)17-20-45(69)70-29-41-46(71-31(2)61)47(72-32(3)62)54(78-38(9)68)55(79-41)80-53-51(76-36(7)66)49(74-34(5)64)48(73-33(4)63)50(75-35(6)65)52(53)77-37(8)67/h30,39-44,46-55H,16-29H2,1-15H3. The Morgan fingerprint density at radius 2 is 0.863 bits per heavy atom. The fourth-order valence-corrected chi connectivity index (χ4v) is 18.0. The van der Waals surface area contributed by atoms with Crippen LogP contribution in [0.2, 0.25) is 0 Å². The first-order valence-electron chi connectivity index (χ1n) is 29.1. The van der Waals surface area contributed by atoms with Crippen LogP contribution in [0.25, 0.3) is 0 Å². The van der Waals surface area contributed by atoms with Gasteiger partial charge in [0.15, 0.2) is 55.1 Å². The molecule has 6 saturated carbocycles. The van der Waals surface area contributed by atoms with Crippen molar-refractivity contribution < 1.29 is 95.3 Å². The van der Waals surface area contributed by atoms with Crippen molar-refractivity contribution in [3.63, 3.8) is 0 Å². The summed E-state index contributed by atoms with van der Waals surface area (Å²) in [4.78, 5) is 116. The molecule has 80 heavy (non-hydrogen) atoms. The van der Waals surface area contributed by atoms with E-state index < -0.39 is 128 Å². The molecule has 20 heteroatoms. The SMILES string of the molecule is CC(=O)OC1C(COC(=O)CCC(C)C2CCC3(C)C2CCC2(C)C3CCC3C4(C)CCCC(C)(C)C4CCC32C)OC(OC2C(OC(C)=O)C(OC(C)=O)C(OC(C)=O)C(OC(C)=O)C2OC(C)=O)C(OC(C)=O)C1OC(C)=O. The van der Waals surface area contributed by atoms with Crippen LogP contribution in [0.1, 0.15) is 187 Å². The summed E-state index contributed by atoms with van der Waals surface area (Å²) < 4.78 is 63.8. The summed E-state index contributed by atoms with van der Waals surface area (Å²) in [6.07, 6.45) is -5.42. The van der Waals surface area contributed by atoms with Gasteiger partial charge in [0.1, 0.15) is 18.8 Å². The summed E-state index contributed by atoms with van der Waals surface area (Å²) in [6, 6.07) is 0. The smallest absolute Gasteiger partial charge is 0.305 e. The van der Waals surface area contributed by atoms with Gasteiger partial charge in [-0.05, 0) is 133 Å². The lowest BCUT2D eigenvalue weighted by atomic mass is 9.32. The van der Waals surface area contributed by atoms with Crippen molar-refractivity contribution in [3.05, 3.63) is 0 Å². The van der Waals surface area contributed by atoms with Gasteiger partial charge < -0.3 is 52.1 Å². The van der Waals surface area contributed by atoms with Crippen LogP contribution in [0, 0.1) is 62.6 Å². The van der Waals surface area contributed by atoms with Crippen LogP contribution in [0.15, 0.2) is 0 Å². The third-order valence-corrected chi connectivity index (χ3v) is 20.9. The third-order valence-electron chi connectivity index (χ3n) is 20.9. The first-order chi connectivity index (χ1) is 37.3. The molecule has 6 aliphatic carbocycles. The molecule has 1 heterocycles. The number of ether oxygens (including phenoxy) is 11. The summed E-state index contributed by atoms with van der Waals surface area (Å²) in [5.41, 5.74) is 1.47. The van der Waals surface area contributed by atoms with Gasteiger partial charge in [-0.2, -0.15) is 0 Å². The molecule has 0 amide bonds. The number of carbonyl (C=O) groups is 9. The topological polar surface area (TPSA) is 255 Å². The van der Waals surface area contributed by atoms with Crippen molar-refractivity contribution in [2.75, 3.05) is 6.61 Å². The molecule has 1 aliphatic heterocycles. The van der Waals surface area contributed by atoms with Gasteiger partial charge in [0.25, 0.3) is 0 Å². The highest BCUT2D eigenvalue weighted by atomic mass is 16.8. The molecule has 7 aliphatic rings. The van der Waals surface area contributed by atoms with Gasteiger partial charge in [0.2, 0.25) is 0 Å². The van der Waals surface area contributed by atoms with E-state index in [9.17, 15) is 43.2 Å². The Morgan fingerprint density at radius 1 is 0.450 bits per heavy atom. The molecule has 0 aromatic carbocycles. The van der Waals surface area contributed by atoms with Crippen molar-refractivity contribution in [3.8, 4) is 0 Å². The third kappa shape index (κ3) is 12.4. The first-order valence-corrected chi connectivity index (χ1v) is 29.1. The monoisotopic (exact) mass is 1130 g/mol. The fraction of sp³-hybridized carbons (Fsp3) is 0.850. The zero-order valence-electron chi connectivity index (χ0n) is 49.9. The van der Waals surface area contributed by atoms with Crippen molar-refractivity contribution in [2.45, 2.75) is 255 Å². The Hall–Kier alpha value is -4.85. The summed E-state index contributed by atoms with van der Waals surface area (Å²) in [6.45, 7) is 25.4. The highest BCUT2D eigenvalue weighted by molar-refractivity contribution is 5.71. The average Bonchev–Trinajstić information content (AvgIpc) is 2.30. The zero-order valence-corrected chi connectivity index (χ0v) is 49.9. The van der Waals surface area contributed by atoms with Crippen LogP contribution in [0.5, 0.6) is 0 Å². The van der Waals surface area contributed by atoms with Gasteiger partial charge in [-0.1, -0.05) is 54.9 Å². The molecule has 7 rings (SSSR count). The summed E-state index contributed by atoms with van der Waals surface area (Å²) in [7, 11) is 0. The molecule has 19 atom stereocenters. The minimum Gasteiger partial charge on any atom is -0.463 e. The van der Waals surface area contributed by atoms with E-state index in [1.165, 1.54) is 57.8 Å². The molecule has 20 nitrogen and oxygen atoms in total. The van der Waals surface area contributed by atoms with Crippen molar-refractivity contribution in [1.29, 1.82) is 0 Å². The molecule has 0 spiro atoms. The molecule has 19 unspecified atom stereocenters. The number of hydrogen-bond donors (Lipinski definition) is 0. The summed E-state index contributed by atoms with van der Waals surface area (Å²) >= 11 is 0. The lowest BCUT2D eigenvalue weighted by Crippen LogP contribution is -2.70. The van der Waals surface area contributed by atoms with Gasteiger partial charge >= 0.3 is 53.7 Å². The average molecular weight is 1130 g/mol. The molecule has 7 fully saturated rings. The minimum absolute atomic E-state index is 0.0429. The number of rotatable bonds is 16. The van der Waals surface area contributed by atoms with Gasteiger partial charge in [0.05, 0.1) is 0 Å². The summed E-state index contributed by atoms with van der Waals surface area (Å²) in [5.74, 6) is -5.07. The highest BCUT2D eigenvalue weighted by Gasteiger charge is 2.71. The highest BCUT2D eigenvalue weighted by Crippen LogP contribution is 2.78. The van der Waals surface area contributed by atoms with Crippen molar-refractivity contribution in [2.24, 2.45) is 62.6 Å². The Labute approximate surface area is 471 Å². The maximum Gasteiger partial charge on any atom is 0.305 e. The van der Waals surface area contributed by atoms with Crippen LogP contribution in [-0.2, 0) is 95.3 Å². The maximum atomic E-state index is 14.0. The van der Waals surface area contributed by atoms with Crippen LogP contribution >= 0.6 is 0 Å². The van der Waals surface area contributed by atoms with Crippen molar-refractivity contribution in [1.82, 2.24) is 0 Å². The molecular weight excluding hydrogens is 1040 g/mol. The van der Waals surface area contributed by atoms with E-state index in [0.29, 0.717) is 35.0 Å². The molecule has 450 valence electrons. The lowest BCUT2D eigenvalue weighted by Gasteiger charge is -2.73. The van der Waals surface area contributed by atoms with Crippen LogP contribution in [-0.4, -0.2) is 128 Å². The Bertz CT molecular complexity index is 2320. The molecule has 0 aromatic heterocycles. The quantitative estimate of drug-likeness (QED) is 0.105. The molecule has 1 saturated heterocycles. The second-order valence-electron chi connectivity index (χ2n) is 26.2. The van der Waals surface area contributed by atoms with Crippen LogP contribution in [0.3, 0.4) is 0 Å². The minimum atomic E-state index is -1.98. The molecule has 0 radical (unpaired) electrons. The Morgan fingerprint density at radius 3 is 1.34 bits per heavy atom. The van der Waals surface area contributed by atoms with E-state index in [1.54, 1.807) is 0 Å². The number of fused-ring (bicyclic) bond motifs is 7. The normalized spacial score (nSPS) is 41.0. The molecular formula is C60H90O20. The van der Waals surface area contributed by atoms with Gasteiger partial charge in [-0.25, -0.2) is 0 Å². The van der Waals surface area contributed by atoms with Crippen molar-refractivity contribution >= 4 is 53.7 Å². The number of carbonyl (C=O) groups excluding carboxylic acids is 9. The van der Waals surface area contributed by atoms with E-state index in [0.717, 1.165) is 80.1 Å². The van der Waals surface area contributed by atoms with Gasteiger partial charge in [-0.3, -0.25) is 43.2 Å². The first kappa shape index (κ1) is 62.7. The van der Waals surface area contributed by atoms with Crippen LogP contribution < -0.4 is 0 Å². The molecule has 0 aromatic rings. The summed E-state index contributed by atoms with van der Waals surface area (Å²) in [5, 5.41) is 0. The van der Waals surface area contributed by atoms with E-state index in [2.05, 4.69) is 48.5 Å². The fourth-order valence-electron chi connectivity index (χ4n) is 18.0. The van der Waals surface area contributed by atoms with E-state index in [4.69, 9.17) is 52.1 Å². The van der Waals surface area contributed by atoms with Gasteiger partial charge in [0, 0.05) is 61.8 Å². The second-order valence-corrected chi connectivity index (χ2v) is 26.2. The van der Waals surface area contributed by atoms with Gasteiger partial charge in [-0.15, -0.1) is 0 Å². The lowest BCUT2D eigenvalue weighted by molar-refractivity contribution is -0.343. The number of hydrogen-bond acceptors (Lipinski definition) is 20.